The van der Waals surface area contributed by atoms with E-state index in [2.05, 4.69) is 135 Å². The third-order valence-electron chi connectivity index (χ3n) is 6.29. The van der Waals surface area contributed by atoms with Crippen LogP contribution in [0.2, 0.25) is 0 Å². The quantitative estimate of drug-likeness (QED) is 0.201. The van der Waals surface area contributed by atoms with Crippen LogP contribution in [0.25, 0.3) is 39.0 Å². The van der Waals surface area contributed by atoms with Gasteiger partial charge in [0.1, 0.15) is 0 Å². The number of rotatable bonds is 6. The van der Waals surface area contributed by atoms with Crippen molar-refractivity contribution in [3.63, 3.8) is 0 Å². The fraction of sp³-hybridized carbons (Fsp3) is 0.0769. The Balaban J connectivity index is 0.000000256. The Bertz CT molecular complexity index is 1500. The summed E-state index contributed by atoms with van der Waals surface area (Å²) in [5.74, 6) is 0. The number of aryl methyl sites for hydroxylation is 1. The van der Waals surface area contributed by atoms with Gasteiger partial charge in [-0.2, -0.15) is 0 Å². The second-order valence-corrected chi connectivity index (χ2v) is 9.12. The van der Waals surface area contributed by atoms with Crippen LogP contribution >= 0.6 is 0 Å². The Morgan fingerprint density at radius 2 is 1.00 bits per heavy atom. The fourth-order valence-corrected chi connectivity index (χ4v) is 4.37. The number of allylic oxidation sites excluding steroid dienone is 5. The van der Waals surface area contributed by atoms with Crippen LogP contribution in [0, 0.1) is 6.92 Å². The highest BCUT2D eigenvalue weighted by Gasteiger charge is 2.03. The molecule has 0 fully saturated rings. The second kappa shape index (κ2) is 14.9. The van der Waals surface area contributed by atoms with Gasteiger partial charge in [0.15, 0.2) is 0 Å². The van der Waals surface area contributed by atoms with Crippen LogP contribution < -0.4 is 0 Å². The zero-order valence-corrected chi connectivity index (χ0v) is 22.2. The summed E-state index contributed by atoms with van der Waals surface area (Å²) in [5, 5.41) is 0. The lowest BCUT2D eigenvalue weighted by Gasteiger charge is -2.08. The van der Waals surface area contributed by atoms with Gasteiger partial charge in [-0.25, -0.2) is 0 Å². The van der Waals surface area contributed by atoms with Gasteiger partial charge in [-0.1, -0.05) is 171 Å². The monoisotopic (exact) mass is 506 g/mol. The molecule has 0 heteroatoms. The molecule has 5 aromatic rings. The van der Waals surface area contributed by atoms with Crippen molar-refractivity contribution in [2.45, 2.75) is 21.3 Å². The molecule has 0 radical (unpaired) electrons. The van der Waals surface area contributed by atoms with Crippen molar-refractivity contribution < 1.29 is 0 Å². The number of benzene rings is 5. The molecule has 0 unspecified atom stereocenters. The highest BCUT2D eigenvalue weighted by molar-refractivity contribution is 5.76. The molecule has 0 aromatic heterocycles. The SMILES string of the molecule is C.C=C/C=C(\C=C/C)c1ccccc1.Cc1cccc(-c2cccc(-c3ccc(-c4ccccc4)cc3)c2)c1. The summed E-state index contributed by atoms with van der Waals surface area (Å²) in [6.45, 7) is 7.85. The highest BCUT2D eigenvalue weighted by Crippen LogP contribution is 2.29. The van der Waals surface area contributed by atoms with Gasteiger partial charge in [0.05, 0.1) is 0 Å². The van der Waals surface area contributed by atoms with E-state index >= 15 is 0 Å². The van der Waals surface area contributed by atoms with Gasteiger partial charge in [-0.15, -0.1) is 0 Å². The van der Waals surface area contributed by atoms with Gasteiger partial charge >= 0.3 is 0 Å². The van der Waals surface area contributed by atoms with E-state index in [0.717, 1.165) is 0 Å². The van der Waals surface area contributed by atoms with E-state index < -0.39 is 0 Å². The third kappa shape index (κ3) is 8.15. The Morgan fingerprint density at radius 3 is 1.56 bits per heavy atom. The molecule has 0 aliphatic heterocycles. The van der Waals surface area contributed by atoms with Crippen LogP contribution in [0.1, 0.15) is 25.5 Å². The van der Waals surface area contributed by atoms with E-state index in [9.17, 15) is 0 Å². The van der Waals surface area contributed by atoms with Gasteiger partial charge in [0, 0.05) is 0 Å². The van der Waals surface area contributed by atoms with Crippen LogP contribution in [0.15, 0.2) is 164 Å². The minimum Gasteiger partial charge on any atom is -0.0990 e. The highest BCUT2D eigenvalue weighted by atomic mass is 14.1. The molecular formula is C39H38. The number of hydrogen-bond acceptors (Lipinski definition) is 0. The zero-order chi connectivity index (χ0) is 26.6. The standard InChI is InChI=1S/C25H20.C13H14.CH4/c1-19-7-5-10-23(17-19)25-12-6-11-24(18-25)22-15-13-21(14-16-22)20-8-3-2-4-9-20;1-3-8-12(9-4-2)13-10-6-5-7-11-13;/h2-18H,1H3;3-11H,1H2,2H3;1H4/b;9-4-,12-8+;. The van der Waals surface area contributed by atoms with Gasteiger partial charge < -0.3 is 0 Å². The molecule has 0 aliphatic rings. The molecule has 0 N–H and O–H groups in total. The van der Waals surface area contributed by atoms with Crippen LogP contribution in [-0.2, 0) is 0 Å². The van der Waals surface area contributed by atoms with Crippen molar-refractivity contribution in [3.05, 3.63) is 175 Å². The predicted octanol–water partition coefficient (Wildman–Crippen LogP) is 11.5. The van der Waals surface area contributed by atoms with Gasteiger partial charge in [-0.05, 0) is 64.4 Å². The topological polar surface area (TPSA) is 0 Å². The minimum atomic E-state index is 0. The average Bonchev–Trinajstić information content (AvgIpc) is 2.98. The first-order valence-corrected chi connectivity index (χ1v) is 13.0. The average molecular weight is 507 g/mol. The van der Waals surface area contributed by atoms with Crippen LogP contribution in [0.3, 0.4) is 0 Å². The van der Waals surface area contributed by atoms with E-state index in [1.54, 1.807) is 0 Å². The van der Waals surface area contributed by atoms with Gasteiger partial charge in [0.25, 0.3) is 0 Å². The lowest BCUT2D eigenvalue weighted by Crippen LogP contribution is -1.83. The largest absolute Gasteiger partial charge is 0.0990 e. The number of hydrogen-bond donors (Lipinski definition) is 0. The van der Waals surface area contributed by atoms with Gasteiger partial charge in [0.2, 0.25) is 0 Å². The molecule has 0 heterocycles. The Labute approximate surface area is 235 Å². The van der Waals surface area contributed by atoms with Crippen LogP contribution in [0.4, 0.5) is 0 Å². The Morgan fingerprint density at radius 1 is 0.538 bits per heavy atom. The summed E-state index contributed by atoms with van der Waals surface area (Å²) in [6.07, 6.45) is 7.93. The van der Waals surface area contributed by atoms with Crippen molar-refractivity contribution in [2.75, 3.05) is 0 Å². The van der Waals surface area contributed by atoms with Crippen LogP contribution in [-0.4, -0.2) is 0 Å². The summed E-state index contributed by atoms with van der Waals surface area (Å²) in [5.41, 5.74) is 11.2. The first kappa shape index (κ1) is 28.9. The summed E-state index contributed by atoms with van der Waals surface area (Å²) in [6, 6.07) is 47.0. The lowest BCUT2D eigenvalue weighted by atomic mass is 9.96. The molecule has 0 saturated carbocycles. The summed E-state index contributed by atoms with van der Waals surface area (Å²) >= 11 is 0. The predicted molar refractivity (Wildman–Crippen MR) is 174 cm³/mol. The molecule has 0 spiro atoms. The molecule has 0 nitrogen and oxygen atoms in total. The summed E-state index contributed by atoms with van der Waals surface area (Å²) in [7, 11) is 0. The van der Waals surface area contributed by atoms with E-state index in [1.807, 2.05) is 43.4 Å². The zero-order valence-electron chi connectivity index (χ0n) is 22.2. The molecule has 5 aromatic carbocycles. The first-order valence-electron chi connectivity index (χ1n) is 13.0. The molecule has 0 amide bonds. The van der Waals surface area contributed by atoms with E-state index in [4.69, 9.17) is 0 Å². The van der Waals surface area contributed by atoms with Crippen molar-refractivity contribution in [3.8, 4) is 33.4 Å². The Hall–Kier alpha value is -4.68. The molecule has 0 atom stereocenters. The van der Waals surface area contributed by atoms with Crippen molar-refractivity contribution in [1.29, 1.82) is 0 Å². The molecule has 0 bridgehead atoms. The molecule has 5 rings (SSSR count). The maximum atomic E-state index is 3.70. The second-order valence-electron chi connectivity index (χ2n) is 9.12. The summed E-state index contributed by atoms with van der Waals surface area (Å²) < 4.78 is 0. The first-order chi connectivity index (χ1) is 18.7. The third-order valence-corrected chi connectivity index (χ3v) is 6.29. The van der Waals surface area contributed by atoms with E-state index in [-0.39, 0.29) is 7.43 Å². The fourth-order valence-electron chi connectivity index (χ4n) is 4.37. The Kier molecular flexibility index (Phi) is 11.0. The molecular weight excluding hydrogens is 468 g/mol. The van der Waals surface area contributed by atoms with Crippen molar-refractivity contribution >= 4 is 5.57 Å². The molecule has 0 aliphatic carbocycles. The van der Waals surface area contributed by atoms with Crippen molar-refractivity contribution in [2.24, 2.45) is 0 Å². The normalized spacial score (nSPS) is 10.8. The van der Waals surface area contributed by atoms with Crippen molar-refractivity contribution in [1.82, 2.24) is 0 Å². The summed E-state index contributed by atoms with van der Waals surface area (Å²) in [4.78, 5) is 0. The molecule has 0 saturated heterocycles. The van der Waals surface area contributed by atoms with E-state index in [0.29, 0.717) is 0 Å². The molecule has 39 heavy (non-hydrogen) atoms. The van der Waals surface area contributed by atoms with E-state index in [1.165, 1.54) is 50.1 Å². The van der Waals surface area contributed by atoms with Gasteiger partial charge in [-0.3, -0.25) is 0 Å². The molecule has 194 valence electrons. The lowest BCUT2D eigenvalue weighted by molar-refractivity contribution is 1.47. The van der Waals surface area contributed by atoms with Crippen LogP contribution in [0.5, 0.6) is 0 Å². The smallest absolute Gasteiger partial charge is 0.0178 e. The maximum Gasteiger partial charge on any atom is -0.0178 e. The minimum absolute atomic E-state index is 0. The maximum absolute atomic E-state index is 3.70.